The van der Waals surface area contributed by atoms with E-state index in [1.54, 1.807) is 0 Å². The van der Waals surface area contributed by atoms with Crippen LogP contribution in [0.5, 0.6) is 0 Å². The van der Waals surface area contributed by atoms with Gasteiger partial charge in [0.1, 0.15) is 0 Å². The predicted octanol–water partition coefficient (Wildman–Crippen LogP) is -0.484. The minimum absolute atomic E-state index is 0. The van der Waals surface area contributed by atoms with Crippen LogP contribution < -0.4 is 5.32 Å². The van der Waals surface area contributed by atoms with Crippen molar-refractivity contribution in [1.29, 1.82) is 0 Å². The normalized spacial score (nSPS) is 18.0. The first kappa shape index (κ1) is 7.47. The van der Waals surface area contributed by atoms with Gasteiger partial charge < -0.3 is 5.32 Å². The molecule has 1 N–H and O–H groups in total. The van der Waals surface area contributed by atoms with Gasteiger partial charge in [0.25, 0.3) is 0 Å². The van der Waals surface area contributed by atoms with E-state index in [0.29, 0.717) is 0 Å². The Kier molecular flexibility index (Phi) is 3.70. The van der Waals surface area contributed by atoms with E-state index >= 15 is 0 Å². The third-order valence-electron chi connectivity index (χ3n) is 0.903. The molecule has 0 aliphatic carbocycles. The second-order valence-electron chi connectivity index (χ2n) is 1.45. The topological polar surface area (TPSA) is 29.1 Å². The molecule has 7 heavy (non-hydrogen) atoms. The minimum atomic E-state index is 0. The molecule has 0 bridgehead atoms. The summed E-state index contributed by atoms with van der Waals surface area (Å²) in [6.07, 6.45) is 1.76. The Bertz CT molecular complexity index is 66.1. The molecule has 0 atom stereocenters. The van der Waals surface area contributed by atoms with Crippen LogP contribution in [0, 0.1) is 0 Å². The van der Waals surface area contributed by atoms with E-state index in [4.69, 9.17) is 0 Å². The van der Waals surface area contributed by atoms with Gasteiger partial charge in [0.2, 0.25) is 5.91 Å². The van der Waals surface area contributed by atoms with Crippen molar-refractivity contribution in [2.75, 3.05) is 6.54 Å². The fourth-order valence-electron chi connectivity index (χ4n) is 0.565. The quantitative estimate of drug-likeness (QED) is 0.417. The molecule has 1 heterocycles. The monoisotopic (exact) mass is 108 g/mol. The number of amides is 1. The Morgan fingerprint density at radius 1 is 1.57 bits per heavy atom. The molecule has 1 aliphatic heterocycles. The van der Waals surface area contributed by atoms with Crippen molar-refractivity contribution in [2.45, 2.75) is 12.8 Å². The number of hydrogen-bond acceptors (Lipinski definition) is 1. The van der Waals surface area contributed by atoms with Crippen molar-refractivity contribution >= 4 is 35.5 Å². The Morgan fingerprint density at radius 2 is 2.29 bits per heavy atom. The van der Waals surface area contributed by atoms with Gasteiger partial charge in [-0.1, -0.05) is 0 Å². The van der Waals surface area contributed by atoms with Crippen LogP contribution in [-0.4, -0.2) is 42.0 Å². The Balaban J connectivity index is 0.000000360. The van der Waals surface area contributed by atoms with Gasteiger partial charge >= 0.3 is 0 Å². The summed E-state index contributed by atoms with van der Waals surface area (Å²) in [5, 5.41) is 2.68. The van der Waals surface area contributed by atoms with E-state index in [1.807, 2.05) is 0 Å². The van der Waals surface area contributed by atoms with Gasteiger partial charge in [-0.2, -0.15) is 0 Å². The smallest absolute Gasteiger partial charge is 0.220 e. The molecule has 0 aromatic rings. The molecule has 0 saturated carbocycles. The van der Waals surface area contributed by atoms with Crippen LogP contribution in [-0.2, 0) is 4.79 Å². The minimum Gasteiger partial charge on any atom is -0.356 e. The van der Waals surface area contributed by atoms with Crippen molar-refractivity contribution in [1.82, 2.24) is 5.32 Å². The number of hydrogen-bond donors (Lipinski definition) is 1. The molecule has 0 unspecified atom stereocenters. The molecule has 1 amide bonds. The predicted molar refractivity (Wildman–Crippen MR) is 28.0 cm³/mol. The van der Waals surface area contributed by atoms with Gasteiger partial charge in [0, 0.05) is 42.5 Å². The average molecular weight is 108 g/mol. The third-order valence-corrected chi connectivity index (χ3v) is 0.903. The van der Waals surface area contributed by atoms with E-state index in [2.05, 4.69) is 5.32 Å². The average Bonchev–Trinajstić information content (AvgIpc) is 1.86. The number of carbonyl (C=O) groups excluding carboxylic acids is 1. The number of nitrogens with one attached hydrogen (secondary N) is 1. The summed E-state index contributed by atoms with van der Waals surface area (Å²) in [6, 6.07) is 0. The van der Waals surface area contributed by atoms with E-state index in [1.165, 1.54) is 0 Å². The largest absolute Gasteiger partial charge is 0.356 e. The third kappa shape index (κ3) is 2.32. The van der Waals surface area contributed by atoms with Crippen LogP contribution in [0.25, 0.3) is 0 Å². The first-order valence-corrected chi connectivity index (χ1v) is 2.16. The summed E-state index contributed by atoms with van der Waals surface area (Å²) < 4.78 is 0. The molecule has 1 fully saturated rings. The fourth-order valence-corrected chi connectivity index (χ4v) is 0.565. The van der Waals surface area contributed by atoms with Crippen molar-refractivity contribution in [3.63, 3.8) is 0 Å². The van der Waals surface area contributed by atoms with Crippen LogP contribution in [0.1, 0.15) is 12.8 Å². The number of carbonyl (C=O) groups is 1. The molecule has 35 valence electrons. The summed E-state index contributed by atoms with van der Waals surface area (Å²) in [5.41, 5.74) is 0. The molecule has 3 heteroatoms. The van der Waals surface area contributed by atoms with Crippen LogP contribution >= 0.6 is 0 Å². The maximum Gasteiger partial charge on any atom is 0.220 e. The van der Waals surface area contributed by atoms with E-state index in [0.717, 1.165) is 19.4 Å². The first-order chi connectivity index (χ1) is 2.89. The van der Waals surface area contributed by atoms with Crippen molar-refractivity contribution in [3.05, 3.63) is 0 Å². The Hall–Kier alpha value is 0.470. The Labute approximate surface area is 65.0 Å². The Morgan fingerprint density at radius 3 is 2.43 bits per heavy atom. The van der Waals surface area contributed by atoms with Crippen LogP contribution in [0.3, 0.4) is 0 Å². The molecule has 1 rings (SSSR count). The van der Waals surface area contributed by atoms with Gasteiger partial charge in [0.15, 0.2) is 0 Å². The molecule has 0 aromatic heterocycles. The number of rotatable bonds is 0. The molecular weight excluding hydrogens is 101 g/mol. The fraction of sp³-hybridized carbons (Fsp3) is 0.750. The molecule has 0 aromatic carbocycles. The van der Waals surface area contributed by atoms with Gasteiger partial charge in [0.05, 0.1) is 0 Å². The van der Waals surface area contributed by atoms with Crippen molar-refractivity contribution in [3.8, 4) is 0 Å². The van der Waals surface area contributed by atoms with Crippen molar-refractivity contribution in [2.24, 2.45) is 0 Å². The second-order valence-corrected chi connectivity index (χ2v) is 1.45. The van der Waals surface area contributed by atoms with Gasteiger partial charge in [-0.15, -0.1) is 0 Å². The van der Waals surface area contributed by atoms with Gasteiger partial charge in [-0.3, -0.25) is 4.79 Å². The SMILES string of the molecule is O=C1CCCN1.[Na]. The van der Waals surface area contributed by atoms with Gasteiger partial charge in [-0.25, -0.2) is 0 Å². The maximum absolute atomic E-state index is 10.1. The second kappa shape index (κ2) is 3.47. The summed E-state index contributed by atoms with van der Waals surface area (Å²) in [4.78, 5) is 10.1. The molecule has 1 radical (unpaired) electrons. The molecule has 1 saturated heterocycles. The van der Waals surface area contributed by atoms with Crippen LogP contribution in [0.15, 0.2) is 0 Å². The van der Waals surface area contributed by atoms with Crippen LogP contribution in [0.4, 0.5) is 0 Å². The first-order valence-electron chi connectivity index (χ1n) is 2.16. The molecule has 0 spiro atoms. The van der Waals surface area contributed by atoms with Crippen molar-refractivity contribution < 1.29 is 4.79 Å². The summed E-state index contributed by atoms with van der Waals surface area (Å²) >= 11 is 0. The van der Waals surface area contributed by atoms with E-state index < -0.39 is 0 Å². The molecule has 1 aliphatic rings. The zero-order chi connectivity index (χ0) is 4.41. The van der Waals surface area contributed by atoms with E-state index in [-0.39, 0.29) is 35.5 Å². The van der Waals surface area contributed by atoms with Gasteiger partial charge in [-0.05, 0) is 6.42 Å². The summed E-state index contributed by atoms with van der Waals surface area (Å²) in [7, 11) is 0. The molecular formula is C4H7NNaO. The summed E-state index contributed by atoms with van der Waals surface area (Å²) in [5.74, 6) is 0.204. The standard InChI is InChI=1S/C4H7NO.Na/c6-4-2-1-3-5-4;/h1-3H2,(H,5,6);. The van der Waals surface area contributed by atoms with Crippen LogP contribution in [0.2, 0.25) is 0 Å². The maximum atomic E-state index is 10.1. The zero-order valence-corrected chi connectivity index (χ0v) is 6.53. The zero-order valence-electron chi connectivity index (χ0n) is 4.53. The molecule has 2 nitrogen and oxygen atoms in total. The van der Waals surface area contributed by atoms with E-state index in [9.17, 15) is 4.79 Å². The summed E-state index contributed by atoms with van der Waals surface area (Å²) in [6.45, 7) is 0.888.